The van der Waals surface area contributed by atoms with E-state index < -0.39 is 0 Å². The minimum Gasteiger partial charge on any atom is -0.306 e. The Balaban J connectivity index is 1.98. The van der Waals surface area contributed by atoms with Crippen molar-refractivity contribution in [2.75, 3.05) is 11.9 Å². The first-order valence-electron chi connectivity index (χ1n) is 4.52. The zero-order valence-electron chi connectivity index (χ0n) is 7.68. The van der Waals surface area contributed by atoms with E-state index in [2.05, 4.69) is 10.4 Å². The van der Waals surface area contributed by atoms with E-state index in [-0.39, 0.29) is 6.03 Å². The highest BCUT2D eigenvalue weighted by Gasteiger charge is 2.14. The number of rotatable bonds is 1. The van der Waals surface area contributed by atoms with Gasteiger partial charge in [-0.2, -0.15) is 5.10 Å². The smallest absolute Gasteiger partial charge is 0.306 e. The van der Waals surface area contributed by atoms with Gasteiger partial charge in [0, 0.05) is 18.3 Å². The molecule has 1 aromatic carbocycles. The summed E-state index contributed by atoms with van der Waals surface area (Å²) in [5.41, 5.74) is 0.791. The quantitative estimate of drug-likeness (QED) is 0.720. The van der Waals surface area contributed by atoms with Crippen molar-refractivity contribution >= 4 is 17.9 Å². The Hall–Kier alpha value is -1.84. The molecule has 14 heavy (non-hydrogen) atoms. The van der Waals surface area contributed by atoms with Gasteiger partial charge in [-0.1, -0.05) is 18.2 Å². The number of hydrogen-bond acceptors (Lipinski definition) is 2. The Bertz CT molecular complexity index is 348. The summed E-state index contributed by atoms with van der Waals surface area (Å²) in [6.07, 6.45) is 2.58. The van der Waals surface area contributed by atoms with Crippen LogP contribution < -0.4 is 5.32 Å². The normalized spacial score (nSPS) is 14.4. The van der Waals surface area contributed by atoms with Crippen LogP contribution in [0.2, 0.25) is 0 Å². The maximum absolute atomic E-state index is 11.5. The fraction of sp³-hybridized carbons (Fsp3) is 0.200. The zero-order chi connectivity index (χ0) is 9.80. The number of nitrogens with one attached hydrogen (secondary N) is 1. The van der Waals surface area contributed by atoms with Gasteiger partial charge in [0.2, 0.25) is 0 Å². The number of anilines is 1. The lowest BCUT2D eigenvalue weighted by molar-refractivity contribution is 0.219. The molecule has 0 aromatic heterocycles. The predicted octanol–water partition coefficient (Wildman–Crippen LogP) is 1.91. The summed E-state index contributed by atoms with van der Waals surface area (Å²) >= 11 is 0. The molecule has 0 saturated carbocycles. The van der Waals surface area contributed by atoms with Gasteiger partial charge < -0.3 is 5.32 Å². The van der Waals surface area contributed by atoms with Gasteiger partial charge in [-0.05, 0) is 12.1 Å². The first kappa shape index (κ1) is 8.74. The van der Waals surface area contributed by atoms with Crippen LogP contribution in [0, 0.1) is 0 Å². The van der Waals surface area contributed by atoms with Crippen molar-refractivity contribution in [1.82, 2.24) is 5.01 Å². The first-order chi connectivity index (χ1) is 6.86. The Kier molecular flexibility index (Phi) is 2.44. The number of para-hydroxylation sites is 1. The van der Waals surface area contributed by atoms with Crippen molar-refractivity contribution in [3.05, 3.63) is 30.3 Å². The molecule has 4 heteroatoms. The van der Waals surface area contributed by atoms with E-state index in [0.717, 1.165) is 12.1 Å². The molecule has 0 fully saturated rings. The maximum Gasteiger partial charge on any atom is 0.342 e. The van der Waals surface area contributed by atoms with Crippen molar-refractivity contribution in [1.29, 1.82) is 0 Å². The van der Waals surface area contributed by atoms with Crippen LogP contribution in [-0.2, 0) is 0 Å². The van der Waals surface area contributed by atoms with Crippen LogP contribution in [0.4, 0.5) is 10.5 Å². The van der Waals surface area contributed by atoms with E-state index in [1.54, 1.807) is 6.21 Å². The van der Waals surface area contributed by atoms with Crippen molar-refractivity contribution in [2.24, 2.45) is 5.10 Å². The van der Waals surface area contributed by atoms with E-state index in [0.29, 0.717) is 6.54 Å². The van der Waals surface area contributed by atoms with Crippen LogP contribution in [-0.4, -0.2) is 23.8 Å². The summed E-state index contributed by atoms with van der Waals surface area (Å²) in [6, 6.07) is 9.18. The molecule has 0 unspecified atom stereocenters. The van der Waals surface area contributed by atoms with Gasteiger partial charge in [0.25, 0.3) is 0 Å². The molecule has 0 saturated heterocycles. The molecule has 1 N–H and O–H groups in total. The van der Waals surface area contributed by atoms with Gasteiger partial charge in [-0.25, -0.2) is 9.80 Å². The van der Waals surface area contributed by atoms with Gasteiger partial charge in [0.15, 0.2) is 0 Å². The number of hydrogen-bond donors (Lipinski definition) is 1. The predicted molar refractivity (Wildman–Crippen MR) is 55.3 cm³/mol. The summed E-state index contributed by atoms with van der Waals surface area (Å²) in [4.78, 5) is 11.5. The van der Waals surface area contributed by atoms with Crippen LogP contribution >= 0.6 is 0 Å². The topological polar surface area (TPSA) is 44.7 Å². The standard InChI is InChI=1S/C10H11N3O/c14-10(13-8-4-7-11-13)12-9-5-2-1-3-6-9/h1-3,5-7H,4,8H2,(H,12,14). The maximum atomic E-state index is 11.5. The average Bonchev–Trinajstić information content (AvgIpc) is 2.72. The highest BCUT2D eigenvalue weighted by molar-refractivity contribution is 5.90. The summed E-state index contributed by atoms with van der Waals surface area (Å²) in [5, 5.41) is 8.11. The summed E-state index contributed by atoms with van der Waals surface area (Å²) in [7, 11) is 0. The number of amides is 2. The third-order valence-corrected chi connectivity index (χ3v) is 1.95. The lowest BCUT2D eigenvalue weighted by atomic mass is 10.3. The fourth-order valence-corrected chi connectivity index (χ4v) is 1.26. The monoisotopic (exact) mass is 189 g/mol. The summed E-state index contributed by atoms with van der Waals surface area (Å²) < 4.78 is 0. The largest absolute Gasteiger partial charge is 0.342 e. The Labute approximate surface area is 82.2 Å². The highest BCUT2D eigenvalue weighted by atomic mass is 16.2. The molecule has 1 aliphatic heterocycles. The Morgan fingerprint density at radius 1 is 1.36 bits per heavy atom. The molecule has 1 aliphatic rings. The van der Waals surface area contributed by atoms with Crippen molar-refractivity contribution in [3.63, 3.8) is 0 Å². The molecule has 0 atom stereocenters. The van der Waals surface area contributed by atoms with Crippen LogP contribution in [0.3, 0.4) is 0 Å². The summed E-state index contributed by atoms with van der Waals surface area (Å²) in [6.45, 7) is 0.665. The van der Waals surface area contributed by atoms with Gasteiger partial charge in [0.05, 0.1) is 6.54 Å². The van der Waals surface area contributed by atoms with Crippen molar-refractivity contribution in [2.45, 2.75) is 6.42 Å². The molecule has 0 radical (unpaired) electrons. The minimum atomic E-state index is -0.176. The van der Waals surface area contributed by atoms with Crippen LogP contribution in [0.1, 0.15) is 6.42 Å². The second-order valence-corrected chi connectivity index (χ2v) is 3.01. The van der Waals surface area contributed by atoms with E-state index in [1.165, 1.54) is 5.01 Å². The average molecular weight is 189 g/mol. The third-order valence-electron chi connectivity index (χ3n) is 1.95. The molecular formula is C10H11N3O. The number of nitrogens with zero attached hydrogens (tertiary/aromatic N) is 2. The number of carbonyl (C=O) groups excluding carboxylic acids is 1. The van der Waals surface area contributed by atoms with Crippen LogP contribution in [0.15, 0.2) is 35.4 Å². The number of urea groups is 1. The molecule has 0 spiro atoms. The zero-order valence-corrected chi connectivity index (χ0v) is 7.68. The lowest BCUT2D eigenvalue weighted by Gasteiger charge is -2.12. The van der Waals surface area contributed by atoms with Gasteiger partial charge in [-0.3, -0.25) is 0 Å². The molecule has 0 bridgehead atoms. The SMILES string of the molecule is O=C(Nc1ccccc1)N1CCC=N1. The molecule has 1 aromatic rings. The lowest BCUT2D eigenvalue weighted by Crippen LogP contribution is -2.28. The molecule has 72 valence electrons. The van der Waals surface area contributed by atoms with Crippen molar-refractivity contribution < 1.29 is 4.79 Å². The highest BCUT2D eigenvalue weighted by Crippen LogP contribution is 2.08. The third kappa shape index (κ3) is 1.90. The molecule has 2 amide bonds. The Morgan fingerprint density at radius 2 is 2.14 bits per heavy atom. The van der Waals surface area contributed by atoms with Gasteiger partial charge in [0.1, 0.15) is 0 Å². The molecule has 1 heterocycles. The molecule has 0 aliphatic carbocycles. The van der Waals surface area contributed by atoms with E-state index in [4.69, 9.17) is 0 Å². The van der Waals surface area contributed by atoms with Gasteiger partial charge in [-0.15, -0.1) is 0 Å². The van der Waals surface area contributed by atoms with E-state index >= 15 is 0 Å². The second-order valence-electron chi connectivity index (χ2n) is 3.01. The number of carbonyl (C=O) groups is 1. The summed E-state index contributed by atoms with van der Waals surface area (Å²) in [5.74, 6) is 0. The number of benzene rings is 1. The number of hydrazone groups is 1. The van der Waals surface area contributed by atoms with Crippen LogP contribution in [0.5, 0.6) is 0 Å². The van der Waals surface area contributed by atoms with Crippen molar-refractivity contribution in [3.8, 4) is 0 Å². The fourth-order valence-electron chi connectivity index (χ4n) is 1.26. The van der Waals surface area contributed by atoms with E-state index in [9.17, 15) is 4.79 Å². The second kappa shape index (κ2) is 3.91. The van der Waals surface area contributed by atoms with E-state index in [1.807, 2.05) is 30.3 Å². The molecule has 4 nitrogen and oxygen atoms in total. The first-order valence-corrected chi connectivity index (χ1v) is 4.52. The van der Waals surface area contributed by atoms with Crippen LogP contribution in [0.25, 0.3) is 0 Å². The molecule has 2 rings (SSSR count). The molecular weight excluding hydrogens is 178 g/mol. The Morgan fingerprint density at radius 3 is 2.79 bits per heavy atom. The van der Waals surface area contributed by atoms with Gasteiger partial charge >= 0.3 is 6.03 Å². The minimum absolute atomic E-state index is 0.176.